The Morgan fingerprint density at radius 1 is 1.50 bits per heavy atom. The minimum Gasteiger partial charge on any atom is -0.345 e. The summed E-state index contributed by atoms with van der Waals surface area (Å²) in [4.78, 5) is 25.0. The number of hydrogen-bond donors (Lipinski definition) is 1. The van der Waals surface area contributed by atoms with Gasteiger partial charge in [0.05, 0.1) is 6.54 Å². The van der Waals surface area contributed by atoms with Crippen molar-refractivity contribution in [3.63, 3.8) is 0 Å². The van der Waals surface area contributed by atoms with E-state index in [1.807, 2.05) is 11.8 Å². The number of amides is 2. The minimum atomic E-state index is -0.314. The highest BCUT2D eigenvalue weighted by Crippen LogP contribution is 2.43. The first kappa shape index (κ1) is 11.8. The molecule has 1 aliphatic carbocycles. The Morgan fingerprint density at radius 3 is 2.69 bits per heavy atom. The molecule has 4 nitrogen and oxygen atoms in total. The first-order valence-corrected chi connectivity index (χ1v) is 6.93. The Bertz CT molecular complexity index is 310. The van der Waals surface area contributed by atoms with E-state index in [1.54, 1.807) is 11.8 Å². The molecule has 1 N–H and O–H groups in total. The van der Waals surface area contributed by atoms with Crippen molar-refractivity contribution in [2.75, 3.05) is 19.3 Å². The van der Waals surface area contributed by atoms with Gasteiger partial charge in [-0.05, 0) is 26.0 Å². The van der Waals surface area contributed by atoms with E-state index in [-0.39, 0.29) is 29.1 Å². The fourth-order valence-corrected chi connectivity index (χ4v) is 3.27. The summed E-state index contributed by atoms with van der Waals surface area (Å²) in [6.45, 7) is 2.69. The van der Waals surface area contributed by atoms with E-state index in [0.717, 1.165) is 19.4 Å². The molecule has 2 amide bonds. The molecular formula is C11H18N2O2S. The van der Waals surface area contributed by atoms with Crippen LogP contribution in [0, 0.1) is 0 Å². The van der Waals surface area contributed by atoms with Crippen LogP contribution in [0.25, 0.3) is 0 Å². The Kier molecular flexibility index (Phi) is 3.15. The first-order chi connectivity index (χ1) is 7.58. The van der Waals surface area contributed by atoms with Crippen LogP contribution in [0.1, 0.15) is 26.2 Å². The molecule has 2 rings (SSSR count). The lowest BCUT2D eigenvalue weighted by atomic mass is 9.83. The molecule has 2 fully saturated rings. The average molecular weight is 242 g/mol. The van der Waals surface area contributed by atoms with Crippen LogP contribution in [0.2, 0.25) is 0 Å². The number of thioether (sulfide) groups is 1. The maximum absolute atomic E-state index is 11.8. The van der Waals surface area contributed by atoms with Gasteiger partial charge in [0.25, 0.3) is 0 Å². The Morgan fingerprint density at radius 2 is 2.19 bits per heavy atom. The molecule has 1 unspecified atom stereocenters. The number of nitrogens with one attached hydrogen (secondary N) is 1. The molecule has 0 bridgehead atoms. The molecule has 0 aromatic rings. The molecule has 0 aromatic heterocycles. The summed E-state index contributed by atoms with van der Waals surface area (Å²) in [7, 11) is 0. The maximum atomic E-state index is 11.8. The van der Waals surface area contributed by atoms with Crippen molar-refractivity contribution >= 4 is 23.6 Å². The van der Waals surface area contributed by atoms with Crippen LogP contribution in [0.15, 0.2) is 0 Å². The Labute approximate surface area is 100 Å². The van der Waals surface area contributed by atoms with Crippen molar-refractivity contribution in [1.29, 1.82) is 0 Å². The van der Waals surface area contributed by atoms with Gasteiger partial charge >= 0.3 is 0 Å². The van der Waals surface area contributed by atoms with Gasteiger partial charge in [-0.3, -0.25) is 9.59 Å². The van der Waals surface area contributed by atoms with Crippen LogP contribution in [-0.2, 0) is 9.59 Å². The summed E-state index contributed by atoms with van der Waals surface area (Å²) in [6, 6.07) is -0.314. The topological polar surface area (TPSA) is 49.4 Å². The molecular weight excluding hydrogens is 224 g/mol. The van der Waals surface area contributed by atoms with Crippen LogP contribution in [0.5, 0.6) is 0 Å². The smallest absolute Gasteiger partial charge is 0.242 e. The molecule has 5 heteroatoms. The minimum absolute atomic E-state index is 0.0322. The highest BCUT2D eigenvalue weighted by molar-refractivity contribution is 8.00. The van der Waals surface area contributed by atoms with Gasteiger partial charge in [-0.25, -0.2) is 0 Å². The molecule has 1 saturated heterocycles. The van der Waals surface area contributed by atoms with Gasteiger partial charge in [-0.15, -0.1) is 0 Å². The van der Waals surface area contributed by atoms with E-state index in [0.29, 0.717) is 0 Å². The van der Waals surface area contributed by atoms with E-state index in [1.165, 1.54) is 6.42 Å². The lowest BCUT2D eigenvalue weighted by Gasteiger charge is -2.46. The number of rotatable bonds is 3. The van der Waals surface area contributed by atoms with E-state index in [2.05, 4.69) is 11.6 Å². The van der Waals surface area contributed by atoms with E-state index >= 15 is 0 Å². The van der Waals surface area contributed by atoms with Gasteiger partial charge in [-0.2, -0.15) is 11.8 Å². The van der Waals surface area contributed by atoms with E-state index in [4.69, 9.17) is 0 Å². The molecule has 1 heterocycles. The quantitative estimate of drug-likeness (QED) is 0.789. The summed E-state index contributed by atoms with van der Waals surface area (Å²) in [6.07, 6.45) is 5.65. The zero-order valence-corrected chi connectivity index (χ0v) is 10.6. The Hall–Kier alpha value is -0.710. The van der Waals surface area contributed by atoms with Crippen molar-refractivity contribution in [3.8, 4) is 0 Å². The lowest BCUT2D eigenvalue weighted by molar-refractivity contribution is -0.145. The molecule has 90 valence electrons. The predicted molar refractivity (Wildman–Crippen MR) is 64.3 cm³/mol. The van der Waals surface area contributed by atoms with Crippen LogP contribution < -0.4 is 5.32 Å². The fourth-order valence-electron chi connectivity index (χ4n) is 2.30. The number of carbonyl (C=O) groups excluding carboxylic acids is 2. The van der Waals surface area contributed by atoms with Crippen LogP contribution in [0.4, 0.5) is 0 Å². The lowest BCUT2D eigenvalue weighted by Crippen LogP contribution is -2.61. The zero-order chi connectivity index (χ0) is 11.8. The number of carbonyl (C=O) groups is 2. The third-order valence-corrected chi connectivity index (χ3v) is 5.14. The van der Waals surface area contributed by atoms with Crippen LogP contribution in [-0.4, -0.2) is 46.8 Å². The zero-order valence-electron chi connectivity index (χ0n) is 9.78. The Balaban J connectivity index is 2.06. The van der Waals surface area contributed by atoms with Crippen molar-refractivity contribution in [1.82, 2.24) is 10.2 Å². The summed E-state index contributed by atoms with van der Waals surface area (Å²) in [5.41, 5.74) is 0. The largest absolute Gasteiger partial charge is 0.345 e. The van der Waals surface area contributed by atoms with Gasteiger partial charge < -0.3 is 10.2 Å². The SMILES string of the molecule is CSC1(CN2C(=O)CNC(=O)C2C)CCC1. The van der Waals surface area contributed by atoms with Crippen molar-refractivity contribution in [2.24, 2.45) is 0 Å². The molecule has 0 aromatic carbocycles. The summed E-state index contributed by atoms with van der Waals surface area (Å²) in [5.74, 6) is 0.0163. The van der Waals surface area contributed by atoms with Crippen molar-refractivity contribution in [2.45, 2.75) is 37.0 Å². The van der Waals surface area contributed by atoms with Crippen molar-refractivity contribution in [3.05, 3.63) is 0 Å². The summed E-state index contributed by atoms with van der Waals surface area (Å²) in [5, 5.41) is 2.61. The van der Waals surface area contributed by atoms with Crippen LogP contribution >= 0.6 is 11.8 Å². The highest BCUT2D eigenvalue weighted by Gasteiger charge is 2.42. The fraction of sp³-hybridized carbons (Fsp3) is 0.818. The third-order valence-electron chi connectivity index (χ3n) is 3.74. The summed E-state index contributed by atoms with van der Waals surface area (Å²) >= 11 is 1.83. The average Bonchev–Trinajstić information content (AvgIpc) is 2.22. The molecule has 16 heavy (non-hydrogen) atoms. The van der Waals surface area contributed by atoms with E-state index in [9.17, 15) is 9.59 Å². The molecule has 1 atom stereocenters. The van der Waals surface area contributed by atoms with Gasteiger partial charge in [0.15, 0.2) is 0 Å². The standard InChI is InChI=1S/C11H18N2O2S/c1-8-10(15)12-6-9(14)13(8)7-11(16-2)4-3-5-11/h8H,3-7H2,1-2H3,(H,12,15). The normalized spacial score (nSPS) is 28.6. The number of piperazine rings is 1. The van der Waals surface area contributed by atoms with E-state index < -0.39 is 0 Å². The monoisotopic (exact) mass is 242 g/mol. The van der Waals surface area contributed by atoms with Gasteiger partial charge in [0.1, 0.15) is 6.04 Å². The molecule has 0 spiro atoms. The first-order valence-electron chi connectivity index (χ1n) is 5.70. The highest BCUT2D eigenvalue weighted by atomic mass is 32.2. The summed E-state index contributed by atoms with van der Waals surface area (Å²) < 4.78 is 0.210. The third kappa shape index (κ3) is 1.93. The molecule has 2 aliphatic rings. The van der Waals surface area contributed by atoms with Crippen molar-refractivity contribution < 1.29 is 9.59 Å². The molecule has 1 saturated carbocycles. The predicted octanol–water partition coefficient (Wildman–Crippen LogP) is 0.619. The maximum Gasteiger partial charge on any atom is 0.242 e. The number of hydrogen-bond acceptors (Lipinski definition) is 3. The van der Waals surface area contributed by atoms with Crippen LogP contribution in [0.3, 0.4) is 0 Å². The number of nitrogens with zero attached hydrogens (tertiary/aromatic N) is 1. The van der Waals surface area contributed by atoms with Gasteiger partial charge in [0.2, 0.25) is 11.8 Å². The molecule has 1 aliphatic heterocycles. The second kappa shape index (κ2) is 4.28. The van der Waals surface area contributed by atoms with Gasteiger partial charge in [0, 0.05) is 11.3 Å². The second-order valence-electron chi connectivity index (χ2n) is 4.66. The van der Waals surface area contributed by atoms with Gasteiger partial charge in [-0.1, -0.05) is 6.42 Å². The molecule has 0 radical (unpaired) electrons. The second-order valence-corrected chi connectivity index (χ2v) is 5.93.